The molecule has 0 bridgehead atoms. The summed E-state index contributed by atoms with van der Waals surface area (Å²) in [5.74, 6) is 2.03. The van der Waals surface area contributed by atoms with Crippen LogP contribution in [0.4, 0.5) is 5.82 Å². The summed E-state index contributed by atoms with van der Waals surface area (Å²) >= 11 is 3.43. The van der Waals surface area contributed by atoms with Crippen molar-refractivity contribution in [2.24, 2.45) is 0 Å². The van der Waals surface area contributed by atoms with Gasteiger partial charge in [-0.15, -0.1) is 0 Å². The van der Waals surface area contributed by atoms with E-state index < -0.39 is 0 Å². The lowest BCUT2D eigenvalue weighted by molar-refractivity contribution is 0.453. The number of rotatable bonds is 4. The van der Waals surface area contributed by atoms with Crippen molar-refractivity contribution >= 4 is 21.7 Å². The molecule has 0 amide bonds. The third kappa shape index (κ3) is 2.61. The quantitative estimate of drug-likeness (QED) is 0.937. The van der Waals surface area contributed by atoms with E-state index >= 15 is 0 Å². The summed E-state index contributed by atoms with van der Waals surface area (Å²) in [5.41, 5.74) is 1.15. The summed E-state index contributed by atoms with van der Waals surface area (Å²) in [4.78, 5) is 8.23. The van der Waals surface area contributed by atoms with Gasteiger partial charge in [-0.25, -0.2) is 9.97 Å². The van der Waals surface area contributed by atoms with Gasteiger partial charge in [-0.3, -0.25) is 0 Å². The van der Waals surface area contributed by atoms with Crippen LogP contribution in [0.1, 0.15) is 12.5 Å². The number of anilines is 1. The molecule has 0 aliphatic heterocycles. The Morgan fingerprint density at radius 1 is 1.28 bits per heavy atom. The number of benzene rings is 1. The Bertz CT molecular complexity index is 546. The molecule has 1 heterocycles. The number of nitrogens with one attached hydrogen (secondary N) is 1. The standard InChI is InChI=1S/C13H14BrN3O/c1-3-9-6-4-5-7-10(9)18-13-11(14)12(15-2)16-8-17-13/h4-8H,3H2,1-2H3,(H,15,16,17). The first-order valence-corrected chi connectivity index (χ1v) is 6.49. The molecule has 4 nitrogen and oxygen atoms in total. The summed E-state index contributed by atoms with van der Waals surface area (Å²) in [6.45, 7) is 2.09. The summed E-state index contributed by atoms with van der Waals surface area (Å²) < 4.78 is 6.56. The average Bonchev–Trinajstić information content (AvgIpc) is 2.42. The van der Waals surface area contributed by atoms with Gasteiger partial charge in [0.25, 0.3) is 0 Å². The molecule has 0 fully saturated rings. The topological polar surface area (TPSA) is 47.0 Å². The Kier molecular flexibility index (Phi) is 4.15. The Morgan fingerprint density at radius 2 is 2.06 bits per heavy atom. The molecule has 2 aromatic rings. The highest BCUT2D eigenvalue weighted by atomic mass is 79.9. The minimum atomic E-state index is 0.509. The zero-order valence-corrected chi connectivity index (χ0v) is 11.9. The SMILES string of the molecule is CCc1ccccc1Oc1ncnc(NC)c1Br. The molecule has 18 heavy (non-hydrogen) atoms. The van der Waals surface area contributed by atoms with E-state index in [1.165, 1.54) is 6.33 Å². The predicted molar refractivity (Wildman–Crippen MR) is 75.2 cm³/mol. The van der Waals surface area contributed by atoms with Crippen molar-refractivity contribution in [3.63, 3.8) is 0 Å². The van der Waals surface area contributed by atoms with E-state index in [1.54, 1.807) is 7.05 Å². The molecule has 0 unspecified atom stereocenters. The largest absolute Gasteiger partial charge is 0.437 e. The van der Waals surface area contributed by atoms with Gasteiger partial charge in [0.05, 0.1) is 0 Å². The zero-order chi connectivity index (χ0) is 13.0. The van der Waals surface area contributed by atoms with E-state index in [9.17, 15) is 0 Å². The van der Waals surface area contributed by atoms with Gasteiger partial charge in [0.1, 0.15) is 22.4 Å². The summed E-state index contributed by atoms with van der Waals surface area (Å²) in [5, 5.41) is 2.97. The van der Waals surface area contributed by atoms with E-state index in [0.29, 0.717) is 11.7 Å². The first kappa shape index (κ1) is 12.8. The Balaban J connectivity index is 2.34. The highest BCUT2D eigenvalue weighted by Crippen LogP contribution is 2.32. The number of aryl methyl sites for hydroxylation is 1. The van der Waals surface area contributed by atoms with Crippen LogP contribution in [0.25, 0.3) is 0 Å². The van der Waals surface area contributed by atoms with Gasteiger partial charge in [-0.05, 0) is 34.0 Å². The monoisotopic (exact) mass is 307 g/mol. The van der Waals surface area contributed by atoms with Crippen LogP contribution in [0.2, 0.25) is 0 Å². The number of para-hydroxylation sites is 1. The fourth-order valence-electron chi connectivity index (χ4n) is 1.60. The number of nitrogens with zero attached hydrogens (tertiary/aromatic N) is 2. The summed E-state index contributed by atoms with van der Waals surface area (Å²) in [6.07, 6.45) is 2.39. The molecule has 1 aromatic heterocycles. The van der Waals surface area contributed by atoms with Crippen LogP contribution < -0.4 is 10.1 Å². The fourth-order valence-corrected chi connectivity index (χ4v) is 2.08. The lowest BCUT2D eigenvalue weighted by Crippen LogP contribution is -1.98. The third-order valence-corrected chi connectivity index (χ3v) is 3.27. The normalized spacial score (nSPS) is 10.2. The van der Waals surface area contributed by atoms with Crippen LogP contribution in [0, 0.1) is 0 Å². The fraction of sp³-hybridized carbons (Fsp3) is 0.231. The highest BCUT2D eigenvalue weighted by Gasteiger charge is 2.11. The maximum atomic E-state index is 5.84. The first-order valence-electron chi connectivity index (χ1n) is 5.70. The molecule has 0 saturated carbocycles. The van der Waals surface area contributed by atoms with Gasteiger partial charge in [-0.1, -0.05) is 25.1 Å². The van der Waals surface area contributed by atoms with Crippen molar-refractivity contribution in [1.29, 1.82) is 0 Å². The van der Waals surface area contributed by atoms with Crippen LogP contribution in [-0.2, 0) is 6.42 Å². The zero-order valence-electron chi connectivity index (χ0n) is 10.3. The smallest absolute Gasteiger partial charge is 0.238 e. The van der Waals surface area contributed by atoms with Gasteiger partial charge in [0.15, 0.2) is 0 Å². The highest BCUT2D eigenvalue weighted by molar-refractivity contribution is 9.10. The van der Waals surface area contributed by atoms with Crippen molar-refractivity contribution in [3.05, 3.63) is 40.6 Å². The molecule has 0 radical (unpaired) electrons. The van der Waals surface area contributed by atoms with Gasteiger partial charge in [0.2, 0.25) is 5.88 Å². The van der Waals surface area contributed by atoms with Crippen molar-refractivity contribution in [3.8, 4) is 11.6 Å². The third-order valence-electron chi connectivity index (χ3n) is 2.55. The molecular weight excluding hydrogens is 294 g/mol. The number of aromatic nitrogens is 2. The number of hydrogen-bond donors (Lipinski definition) is 1. The number of halogens is 1. The predicted octanol–water partition coefficient (Wildman–Crippen LogP) is 3.64. The van der Waals surface area contributed by atoms with Gasteiger partial charge >= 0.3 is 0 Å². The molecule has 2 rings (SSSR count). The van der Waals surface area contributed by atoms with Gasteiger partial charge < -0.3 is 10.1 Å². The second kappa shape index (κ2) is 5.82. The number of hydrogen-bond acceptors (Lipinski definition) is 4. The van der Waals surface area contributed by atoms with Gasteiger partial charge in [0, 0.05) is 7.05 Å². The van der Waals surface area contributed by atoms with Crippen molar-refractivity contribution in [2.45, 2.75) is 13.3 Å². The second-order valence-corrected chi connectivity index (χ2v) is 4.45. The molecule has 1 N–H and O–H groups in total. The lowest BCUT2D eigenvalue weighted by Gasteiger charge is -2.11. The van der Waals surface area contributed by atoms with Gasteiger partial charge in [-0.2, -0.15) is 0 Å². The summed E-state index contributed by atoms with van der Waals surface area (Å²) in [7, 11) is 1.80. The Hall–Kier alpha value is -1.62. The van der Waals surface area contributed by atoms with E-state index in [4.69, 9.17) is 4.74 Å². The van der Waals surface area contributed by atoms with Crippen LogP contribution in [0.15, 0.2) is 35.1 Å². The first-order chi connectivity index (χ1) is 8.76. The van der Waals surface area contributed by atoms with E-state index in [2.05, 4.69) is 38.1 Å². The van der Waals surface area contributed by atoms with Crippen molar-refractivity contribution in [2.75, 3.05) is 12.4 Å². The van der Waals surface area contributed by atoms with E-state index in [1.807, 2.05) is 24.3 Å². The molecule has 0 atom stereocenters. The molecule has 94 valence electrons. The molecule has 0 aliphatic rings. The molecular formula is C13H14BrN3O. The molecule has 1 aromatic carbocycles. The maximum absolute atomic E-state index is 5.84. The molecule has 0 spiro atoms. The van der Waals surface area contributed by atoms with Crippen molar-refractivity contribution < 1.29 is 4.74 Å². The molecule has 0 saturated heterocycles. The average molecular weight is 308 g/mol. The van der Waals surface area contributed by atoms with E-state index in [0.717, 1.165) is 22.2 Å². The molecule has 5 heteroatoms. The lowest BCUT2D eigenvalue weighted by atomic mass is 10.1. The Labute approximate surface area is 115 Å². The minimum absolute atomic E-state index is 0.509. The van der Waals surface area contributed by atoms with Crippen molar-refractivity contribution in [1.82, 2.24) is 9.97 Å². The maximum Gasteiger partial charge on any atom is 0.238 e. The second-order valence-electron chi connectivity index (χ2n) is 3.65. The minimum Gasteiger partial charge on any atom is -0.437 e. The van der Waals surface area contributed by atoms with Crippen LogP contribution in [0.3, 0.4) is 0 Å². The summed E-state index contributed by atoms with van der Waals surface area (Å²) in [6, 6.07) is 7.93. The van der Waals surface area contributed by atoms with Crippen LogP contribution in [0.5, 0.6) is 11.6 Å². The van der Waals surface area contributed by atoms with E-state index in [-0.39, 0.29) is 0 Å². The Morgan fingerprint density at radius 3 is 2.78 bits per heavy atom. The molecule has 0 aliphatic carbocycles. The number of ether oxygens (including phenoxy) is 1. The van der Waals surface area contributed by atoms with Crippen LogP contribution >= 0.6 is 15.9 Å². The van der Waals surface area contributed by atoms with Crippen LogP contribution in [-0.4, -0.2) is 17.0 Å².